The zero-order valence-electron chi connectivity index (χ0n) is 9.01. The van der Waals surface area contributed by atoms with Gasteiger partial charge in [-0.2, -0.15) is 0 Å². The van der Waals surface area contributed by atoms with Gasteiger partial charge in [0.2, 0.25) is 0 Å². The Hall–Kier alpha value is -1.64. The SMILES string of the molecule is ONCC(c1ccccc1)c1ccccc1. The summed E-state index contributed by atoms with van der Waals surface area (Å²) in [6, 6.07) is 20.4. The fourth-order valence-electron chi connectivity index (χ4n) is 1.89. The summed E-state index contributed by atoms with van der Waals surface area (Å²) in [5.74, 6) is 0.187. The van der Waals surface area contributed by atoms with Gasteiger partial charge in [-0.15, -0.1) is 0 Å². The van der Waals surface area contributed by atoms with E-state index in [1.807, 2.05) is 36.4 Å². The molecule has 0 unspecified atom stereocenters. The Morgan fingerprint density at radius 1 is 0.812 bits per heavy atom. The molecule has 0 amide bonds. The Balaban J connectivity index is 2.31. The van der Waals surface area contributed by atoms with E-state index in [0.29, 0.717) is 6.54 Å². The van der Waals surface area contributed by atoms with E-state index >= 15 is 0 Å². The van der Waals surface area contributed by atoms with Crippen LogP contribution in [0.2, 0.25) is 0 Å². The molecule has 0 atom stereocenters. The first kappa shape index (κ1) is 10.9. The van der Waals surface area contributed by atoms with Gasteiger partial charge in [0.15, 0.2) is 0 Å². The van der Waals surface area contributed by atoms with Crippen LogP contribution in [0.3, 0.4) is 0 Å². The van der Waals surface area contributed by atoms with Crippen molar-refractivity contribution in [1.82, 2.24) is 5.48 Å². The summed E-state index contributed by atoms with van der Waals surface area (Å²) in [5, 5.41) is 8.91. The normalized spacial score (nSPS) is 10.6. The first-order valence-electron chi connectivity index (χ1n) is 5.38. The molecule has 2 rings (SSSR count). The molecule has 0 radical (unpaired) electrons. The maximum Gasteiger partial charge on any atom is 0.0317 e. The van der Waals surface area contributed by atoms with Crippen molar-refractivity contribution in [1.29, 1.82) is 0 Å². The van der Waals surface area contributed by atoms with E-state index < -0.39 is 0 Å². The molecule has 0 bridgehead atoms. The van der Waals surface area contributed by atoms with Crippen molar-refractivity contribution < 1.29 is 5.21 Å². The maximum absolute atomic E-state index is 8.91. The van der Waals surface area contributed by atoms with Crippen LogP contribution in [0.15, 0.2) is 60.7 Å². The van der Waals surface area contributed by atoms with Gasteiger partial charge in [-0.1, -0.05) is 60.7 Å². The topological polar surface area (TPSA) is 32.3 Å². The van der Waals surface area contributed by atoms with Crippen LogP contribution in [0.1, 0.15) is 17.0 Å². The van der Waals surface area contributed by atoms with Gasteiger partial charge >= 0.3 is 0 Å². The fourth-order valence-corrected chi connectivity index (χ4v) is 1.89. The Morgan fingerprint density at radius 2 is 1.25 bits per heavy atom. The average Bonchev–Trinajstić information content (AvgIpc) is 2.38. The van der Waals surface area contributed by atoms with Gasteiger partial charge in [-0.3, -0.25) is 0 Å². The van der Waals surface area contributed by atoms with Gasteiger partial charge in [0.05, 0.1) is 0 Å². The van der Waals surface area contributed by atoms with Crippen LogP contribution in [0, 0.1) is 0 Å². The molecule has 2 aromatic carbocycles. The molecule has 0 fully saturated rings. The zero-order valence-corrected chi connectivity index (χ0v) is 9.01. The highest BCUT2D eigenvalue weighted by molar-refractivity contribution is 5.32. The molecule has 0 aromatic heterocycles. The van der Waals surface area contributed by atoms with Gasteiger partial charge in [0, 0.05) is 12.5 Å². The second-order valence-electron chi connectivity index (χ2n) is 3.74. The first-order chi connectivity index (χ1) is 7.92. The van der Waals surface area contributed by atoms with Gasteiger partial charge in [-0.25, -0.2) is 5.48 Å². The average molecular weight is 213 g/mol. The quantitative estimate of drug-likeness (QED) is 0.765. The van der Waals surface area contributed by atoms with Crippen molar-refractivity contribution in [2.75, 3.05) is 6.54 Å². The minimum atomic E-state index is 0.187. The Morgan fingerprint density at radius 3 is 1.62 bits per heavy atom. The standard InChI is InChI=1S/C14H15NO/c16-15-11-14(12-7-3-1-4-8-12)13-9-5-2-6-10-13/h1-10,14-16H,11H2. The highest BCUT2D eigenvalue weighted by Gasteiger charge is 2.12. The van der Waals surface area contributed by atoms with Crippen LogP contribution < -0.4 is 5.48 Å². The van der Waals surface area contributed by atoms with Gasteiger partial charge in [0.25, 0.3) is 0 Å². The molecule has 2 heteroatoms. The summed E-state index contributed by atoms with van der Waals surface area (Å²) in [7, 11) is 0. The molecular formula is C14H15NO. The lowest BCUT2D eigenvalue weighted by Gasteiger charge is -2.16. The monoisotopic (exact) mass is 213 g/mol. The molecule has 2 N–H and O–H groups in total. The fraction of sp³-hybridized carbons (Fsp3) is 0.143. The van der Waals surface area contributed by atoms with E-state index in [-0.39, 0.29) is 5.92 Å². The summed E-state index contributed by atoms with van der Waals surface area (Å²) in [4.78, 5) is 0. The van der Waals surface area contributed by atoms with Crippen molar-refractivity contribution in [3.8, 4) is 0 Å². The van der Waals surface area contributed by atoms with Crippen LogP contribution >= 0.6 is 0 Å². The third-order valence-electron chi connectivity index (χ3n) is 2.70. The largest absolute Gasteiger partial charge is 0.317 e. The third-order valence-corrected chi connectivity index (χ3v) is 2.70. The lowest BCUT2D eigenvalue weighted by molar-refractivity contribution is 0.163. The summed E-state index contributed by atoms with van der Waals surface area (Å²) >= 11 is 0. The molecule has 0 aliphatic rings. The Kier molecular flexibility index (Phi) is 3.70. The number of hydrogen-bond donors (Lipinski definition) is 2. The van der Waals surface area contributed by atoms with Crippen LogP contribution in [-0.4, -0.2) is 11.8 Å². The minimum Gasteiger partial charge on any atom is -0.317 e. The van der Waals surface area contributed by atoms with Crippen LogP contribution in [0.25, 0.3) is 0 Å². The summed E-state index contributed by atoms with van der Waals surface area (Å²) < 4.78 is 0. The van der Waals surface area contributed by atoms with Crippen molar-refractivity contribution in [2.24, 2.45) is 0 Å². The third kappa shape index (κ3) is 2.48. The molecular weight excluding hydrogens is 198 g/mol. The summed E-state index contributed by atoms with van der Waals surface area (Å²) in [5.41, 5.74) is 4.67. The minimum absolute atomic E-state index is 0.187. The van der Waals surface area contributed by atoms with Crippen molar-refractivity contribution in [2.45, 2.75) is 5.92 Å². The highest BCUT2D eigenvalue weighted by atomic mass is 16.5. The van der Waals surface area contributed by atoms with Crippen molar-refractivity contribution in [3.63, 3.8) is 0 Å². The smallest absolute Gasteiger partial charge is 0.0317 e. The molecule has 0 aliphatic heterocycles. The van der Waals surface area contributed by atoms with Gasteiger partial charge < -0.3 is 5.21 Å². The number of benzene rings is 2. The van der Waals surface area contributed by atoms with Crippen LogP contribution in [-0.2, 0) is 0 Å². The van der Waals surface area contributed by atoms with Crippen LogP contribution in [0.4, 0.5) is 0 Å². The van der Waals surface area contributed by atoms with E-state index in [4.69, 9.17) is 5.21 Å². The molecule has 0 aliphatic carbocycles. The molecule has 2 nitrogen and oxygen atoms in total. The lowest BCUT2D eigenvalue weighted by Crippen LogP contribution is -2.18. The first-order valence-corrected chi connectivity index (χ1v) is 5.38. The molecule has 0 saturated carbocycles. The highest BCUT2D eigenvalue weighted by Crippen LogP contribution is 2.23. The lowest BCUT2D eigenvalue weighted by atomic mass is 9.91. The molecule has 82 valence electrons. The summed E-state index contributed by atoms with van der Waals surface area (Å²) in [6.45, 7) is 0.522. The number of hydrogen-bond acceptors (Lipinski definition) is 2. The molecule has 16 heavy (non-hydrogen) atoms. The van der Waals surface area contributed by atoms with Crippen molar-refractivity contribution >= 4 is 0 Å². The predicted molar refractivity (Wildman–Crippen MR) is 64.5 cm³/mol. The predicted octanol–water partition coefficient (Wildman–Crippen LogP) is 2.80. The summed E-state index contributed by atoms with van der Waals surface area (Å²) in [6.07, 6.45) is 0. The maximum atomic E-state index is 8.91. The van der Waals surface area contributed by atoms with Crippen molar-refractivity contribution in [3.05, 3.63) is 71.8 Å². The van der Waals surface area contributed by atoms with Gasteiger partial charge in [0.1, 0.15) is 0 Å². The van der Waals surface area contributed by atoms with E-state index in [0.717, 1.165) is 0 Å². The number of rotatable bonds is 4. The van der Waals surface area contributed by atoms with E-state index in [9.17, 15) is 0 Å². The second kappa shape index (κ2) is 5.45. The van der Waals surface area contributed by atoms with Gasteiger partial charge in [-0.05, 0) is 11.1 Å². The van der Waals surface area contributed by atoms with E-state index in [1.54, 1.807) is 0 Å². The molecule has 2 aromatic rings. The molecule has 0 heterocycles. The number of hydroxylamine groups is 1. The van der Waals surface area contributed by atoms with Crippen LogP contribution in [0.5, 0.6) is 0 Å². The molecule has 0 saturated heterocycles. The van der Waals surface area contributed by atoms with E-state index in [2.05, 4.69) is 29.7 Å². The Bertz CT molecular complexity index is 374. The Labute approximate surface area is 95.5 Å². The zero-order chi connectivity index (χ0) is 11.2. The van der Waals surface area contributed by atoms with E-state index in [1.165, 1.54) is 11.1 Å². The number of nitrogens with one attached hydrogen (secondary N) is 1. The second-order valence-corrected chi connectivity index (χ2v) is 3.74. The molecule has 0 spiro atoms.